The number of anilines is 1. The van der Waals surface area contributed by atoms with E-state index < -0.39 is 0 Å². The van der Waals surface area contributed by atoms with Crippen molar-refractivity contribution >= 4 is 16.7 Å². The molecule has 0 saturated heterocycles. The van der Waals surface area contributed by atoms with E-state index in [2.05, 4.69) is 28.2 Å². The number of fused-ring (bicyclic) bond motifs is 2. The fourth-order valence-electron chi connectivity index (χ4n) is 2.51. The predicted molar refractivity (Wildman–Crippen MR) is 74.4 cm³/mol. The summed E-state index contributed by atoms with van der Waals surface area (Å²) in [6.07, 6.45) is 0. The molecule has 0 bridgehead atoms. The van der Waals surface area contributed by atoms with Gasteiger partial charge in [-0.05, 0) is 29.3 Å². The smallest absolute Gasteiger partial charge is 0.138 e. The van der Waals surface area contributed by atoms with E-state index in [4.69, 9.17) is 10.5 Å². The average Bonchev–Trinajstić information content (AvgIpc) is 3.04. The third-order valence-electron chi connectivity index (χ3n) is 3.54. The zero-order valence-electron chi connectivity index (χ0n) is 10.3. The normalized spacial score (nSPS) is 13.9. The summed E-state index contributed by atoms with van der Waals surface area (Å²) in [5.41, 5.74) is 12.0. The summed E-state index contributed by atoms with van der Waals surface area (Å²) in [5.74, 6) is 0.850. The first-order valence-electron chi connectivity index (χ1n) is 6.25. The van der Waals surface area contributed by atoms with Gasteiger partial charge in [0.15, 0.2) is 0 Å². The number of nitrogen functional groups attached to an aromatic ring is 1. The molecule has 3 aromatic rings. The van der Waals surface area contributed by atoms with E-state index in [1.165, 1.54) is 11.1 Å². The maximum absolute atomic E-state index is 5.94. The molecule has 1 aromatic heterocycles. The summed E-state index contributed by atoms with van der Waals surface area (Å²) in [4.78, 5) is 7.90. The first kappa shape index (κ1) is 10.6. The Morgan fingerprint density at radius 3 is 2.89 bits per heavy atom. The summed E-state index contributed by atoms with van der Waals surface area (Å²) >= 11 is 0. The lowest BCUT2D eigenvalue weighted by Gasteiger charge is -2.00. The quantitative estimate of drug-likeness (QED) is 0.654. The van der Waals surface area contributed by atoms with Crippen LogP contribution in [0.3, 0.4) is 0 Å². The highest BCUT2D eigenvalue weighted by atomic mass is 16.5. The third-order valence-corrected chi connectivity index (χ3v) is 3.54. The fraction of sp³-hybridized carbons (Fsp3) is 0.133. The largest absolute Gasteiger partial charge is 0.397 e. The Morgan fingerprint density at radius 1 is 1.11 bits per heavy atom. The number of nitrogens with zero attached hydrogens (tertiary/aromatic N) is 1. The number of benzene rings is 2. The number of ether oxygens (including phenoxy) is 1. The lowest BCUT2D eigenvalue weighted by atomic mass is 10.1. The van der Waals surface area contributed by atoms with Gasteiger partial charge >= 0.3 is 0 Å². The molecule has 0 radical (unpaired) electrons. The SMILES string of the molecule is Nc1cccc2[nH]c(-c3ccc4c(c3)COC4)nc12. The minimum atomic E-state index is 0.686. The molecule has 94 valence electrons. The first-order chi connectivity index (χ1) is 9.31. The molecular weight excluding hydrogens is 238 g/mol. The lowest BCUT2D eigenvalue weighted by molar-refractivity contribution is 0.134. The van der Waals surface area contributed by atoms with Crippen LogP contribution in [0.25, 0.3) is 22.4 Å². The van der Waals surface area contributed by atoms with Crippen LogP contribution < -0.4 is 5.73 Å². The maximum Gasteiger partial charge on any atom is 0.138 e. The summed E-state index contributed by atoms with van der Waals surface area (Å²) in [5, 5.41) is 0. The molecule has 4 rings (SSSR count). The molecule has 2 aromatic carbocycles. The Bertz CT molecular complexity index is 776. The standard InChI is InChI=1S/C15H13N3O/c16-12-2-1-3-13-14(12)18-15(17-13)9-4-5-10-7-19-8-11(10)6-9/h1-6H,7-8,16H2,(H,17,18). The summed E-state index contributed by atoms with van der Waals surface area (Å²) in [7, 11) is 0. The van der Waals surface area contributed by atoms with Crippen molar-refractivity contribution in [2.24, 2.45) is 0 Å². The second-order valence-electron chi connectivity index (χ2n) is 4.81. The van der Waals surface area contributed by atoms with E-state index >= 15 is 0 Å². The number of hydrogen-bond acceptors (Lipinski definition) is 3. The van der Waals surface area contributed by atoms with Crippen LogP contribution in [-0.4, -0.2) is 9.97 Å². The van der Waals surface area contributed by atoms with Gasteiger partial charge in [0.2, 0.25) is 0 Å². The van der Waals surface area contributed by atoms with Gasteiger partial charge in [0.1, 0.15) is 11.3 Å². The van der Waals surface area contributed by atoms with Crippen LogP contribution in [0, 0.1) is 0 Å². The molecule has 1 aliphatic rings. The van der Waals surface area contributed by atoms with Gasteiger partial charge in [-0.3, -0.25) is 0 Å². The molecule has 0 atom stereocenters. The zero-order chi connectivity index (χ0) is 12.8. The molecule has 1 aliphatic heterocycles. The molecular formula is C15H13N3O. The number of imidazole rings is 1. The molecule has 0 aliphatic carbocycles. The topological polar surface area (TPSA) is 63.9 Å². The van der Waals surface area contributed by atoms with Crippen LogP contribution in [0.15, 0.2) is 36.4 Å². The van der Waals surface area contributed by atoms with Crippen molar-refractivity contribution in [1.82, 2.24) is 9.97 Å². The highest BCUT2D eigenvalue weighted by Crippen LogP contribution is 2.28. The van der Waals surface area contributed by atoms with Crippen LogP contribution in [-0.2, 0) is 18.0 Å². The van der Waals surface area contributed by atoms with Gasteiger partial charge in [-0.1, -0.05) is 18.2 Å². The van der Waals surface area contributed by atoms with Gasteiger partial charge in [0.05, 0.1) is 24.4 Å². The Kier molecular flexibility index (Phi) is 2.13. The number of nitrogens with two attached hydrogens (primary N) is 1. The van der Waals surface area contributed by atoms with Gasteiger partial charge in [-0.25, -0.2) is 4.98 Å². The monoisotopic (exact) mass is 251 g/mol. The predicted octanol–water partition coefficient (Wildman–Crippen LogP) is 2.84. The summed E-state index contributed by atoms with van der Waals surface area (Å²) in [6.45, 7) is 1.40. The van der Waals surface area contributed by atoms with Crippen molar-refractivity contribution in [3.05, 3.63) is 47.5 Å². The Morgan fingerprint density at radius 2 is 2.00 bits per heavy atom. The highest BCUT2D eigenvalue weighted by molar-refractivity contribution is 5.89. The second-order valence-corrected chi connectivity index (χ2v) is 4.81. The molecule has 2 heterocycles. The minimum absolute atomic E-state index is 0.686. The van der Waals surface area contributed by atoms with Gasteiger partial charge in [0.25, 0.3) is 0 Å². The fourth-order valence-corrected chi connectivity index (χ4v) is 2.51. The van der Waals surface area contributed by atoms with Crippen LogP contribution in [0.4, 0.5) is 5.69 Å². The third kappa shape index (κ3) is 1.61. The molecule has 0 fully saturated rings. The van der Waals surface area contributed by atoms with E-state index in [9.17, 15) is 0 Å². The number of aromatic amines is 1. The van der Waals surface area contributed by atoms with Crippen molar-refractivity contribution in [2.75, 3.05) is 5.73 Å². The molecule has 4 nitrogen and oxygen atoms in total. The number of rotatable bonds is 1. The Hall–Kier alpha value is -2.33. The number of hydrogen-bond donors (Lipinski definition) is 2. The summed E-state index contributed by atoms with van der Waals surface area (Å²) in [6, 6.07) is 12.1. The van der Waals surface area contributed by atoms with Crippen molar-refractivity contribution < 1.29 is 4.74 Å². The molecule has 0 spiro atoms. The average molecular weight is 251 g/mol. The van der Waals surface area contributed by atoms with Gasteiger partial charge < -0.3 is 15.5 Å². The number of H-pyrrole nitrogens is 1. The molecule has 0 saturated carbocycles. The second kappa shape index (κ2) is 3.83. The highest BCUT2D eigenvalue weighted by Gasteiger charge is 2.13. The molecule has 3 N–H and O–H groups in total. The van der Waals surface area contributed by atoms with Crippen LogP contribution in [0.2, 0.25) is 0 Å². The number of nitrogens with one attached hydrogen (secondary N) is 1. The van der Waals surface area contributed by atoms with Crippen molar-refractivity contribution in [1.29, 1.82) is 0 Å². The van der Waals surface area contributed by atoms with E-state index in [0.717, 1.165) is 22.4 Å². The van der Waals surface area contributed by atoms with Crippen LogP contribution >= 0.6 is 0 Å². The Balaban J connectivity index is 1.88. The van der Waals surface area contributed by atoms with Crippen LogP contribution in [0.1, 0.15) is 11.1 Å². The van der Waals surface area contributed by atoms with Gasteiger partial charge in [-0.2, -0.15) is 0 Å². The van der Waals surface area contributed by atoms with E-state index in [1.54, 1.807) is 0 Å². The van der Waals surface area contributed by atoms with Crippen LogP contribution in [0.5, 0.6) is 0 Å². The first-order valence-corrected chi connectivity index (χ1v) is 6.25. The minimum Gasteiger partial charge on any atom is -0.397 e. The molecule has 0 amide bonds. The molecule has 4 heteroatoms. The Labute approximate surface area is 110 Å². The van der Waals surface area contributed by atoms with E-state index in [-0.39, 0.29) is 0 Å². The van der Waals surface area contributed by atoms with E-state index in [1.807, 2.05) is 18.2 Å². The zero-order valence-corrected chi connectivity index (χ0v) is 10.3. The number of para-hydroxylation sites is 1. The van der Waals surface area contributed by atoms with Crippen molar-refractivity contribution in [3.8, 4) is 11.4 Å². The van der Waals surface area contributed by atoms with Crippen molar-refractivity contribution in [3.63, 3.8) is 0 Å². The van der Waals surface area contributed by atoms with Gasteiger partial charge in [0, 0.05) is 5.56 Å². The van der Waals surface area contributed by atoms with Crippen molar-refractivity contribution in [2.45, 2.75) is 13.2 Å². The molecule has 19 heavy (non-hydrogen) atoms. The maximum atomic E-state index is 5.94. The molecule has 0 unspecified atom stereocenters. The summed E-state index contributed by atoms with van der Waals surface area (Å²) < 4.78 is 5.43. The number of aromatic nitrogens is 2. The van der Waals surface area contributed by atoms with E-state index in [0.29, 0.717) is 18.9 Å². The lowest BCUT2D eigenvalue weighted by Crippen LogP contribution is -1.86. The van der Waals surface area contributed by atoms with Gasteiger partial charge in [-0.15, -0.1) is 0 Å².